The van der Waals surface area contributed by atoms with Crippen LogP contribution in [0, 0.1) is 5.92 Å². The zero-order valence-electron chi connectivity index (χ0n) is 80.8. The van der Waals surface area contributed by atoms with Gasteiger partial charge in [-0.1, -0.05) is 270 Å². The van der Waals surface area contributed by atoms with Crippen molar-refractivity contribution < 1.29 is 108 Å². The highest BCUT2D eigenvalue weighted by molar-refractivity contribution is 5.13. The van der Waals surface area contributed by atoms with Gasteiger partial charge in [0.1, 0.15) is 0 Å². The van der Waals surface area contributed by atoms with Gasteiger partial charge in [-0.05, 0) is 135 Å². The van der Waals surface area contributed by atoms with E-state index in [1.807, 2.05) is 106 Å². The van der Waals surface area contributed by atoms with Gasteiger partial charge in [-0.25, -0.2) is 0 Å². The van der Waals surface area contributed by atoms with E-state index in [1.54, 1.807) is 6.92 Å². The highest BCUT2D eigenvalue weighted by Gasteiger charge is 2.09. The number of unbranched alkanes of at least 4 members (excludes halogenated alkanes) is 17. The molecule has 0 spiro atoms. The molecule has 0 heterocycles. The number of aliphatic hydroxyl groups excluding tert-OH is 10. The van der Waals surface area contributed by atoms with Crippen LogP contribution in [0.2, 0.25) is 0 Å². The molecule has 11 unspecified atom stereocenters. The summed E-state index contributed by atoms with van der Waals surface area (Å²) in [4.78, 5) is 0. The SMILES string of the molecule is CCC(O)COCc1ccccc1.CCCCC(CC)COCC(O)CC.CCCCCCCCCCCCOCC(O)CC.CCCCCCOCC(O)CC.CCCCCOCC(O)CC.CCCCOCC(O)CC.CCCCOCCOCCOCC(O)CC.CCCOCC(O)CC.CCOCC(C)O.CCOCC(O)CC. The van der Waals surface area contributed by atoms with Crippen LogP contribution in [0.15, 0.2) is 30.3 Å². The number of rotatable bonds is 73. The van der Waals surface area contributed by atoms with Crippen LogP contribution in [-0.4, -0.2) is 264 Å². The van der Waals surface area contributed by atoms with Crippen LogP contribution >= 0.6 is 0 Å². The highest BCUT2D eigenvalue weighted by atomic mass is 16.6. The Morgan fingerprint density at radius 3 is 0.788 bits per heavy atom. The number of benzene rings is 1. The van der Waals surface area contributed by atoms with Crippen LogP contribution in [0.4, 0.5) is 0 Å². The molecule has 0 bridgehead atoms. The van der Waals surface area contributed by atoms with Crippen molar-refractivity contribution in [2.75, 3.05) is 152 Å². The highest BCUT2D eigenvalue weighted by Crippen LogP contribution is 2.14. The summed E-state index contributed by atoms with van der Waals surface area (Å²) in [5.41, 5.74) is 1.14. The van der Waals surface area contributed by atoms with Gasteiger partial charge >= 0.3 is 0 Å². The second kappa shape index (κ2) is 124. The van der Waals surface area contributed by atoms with Gasteiger partial charge in [0.05, 0.1) is 160 Å². The van der Waals surface area contributed by atoms with Crippen molar-refractivity contribution in [2.45, 2.75) is 431 Å². The largest absolute Gasteiger partial charge is 0.391 e. The third-order valence-corrected chi connectivity index (χ3v) is 17.9. The fourth-order valence-electron chi connectivity index (χ4n) is 8.93. The maximum absolute atomic E-state index is 9.29. The van der Waals surface area contributed by atoms with Gasteiger partial charge < -0.3 is 108 Å². The molecule has 720 valence electrons. The molecular weight excluding hydrogens is 1510 g/mol. The van der Waals surface area contributed by atoms with Gasteiger partial charge in [0, 0.05) is 59.5 Å². The van der Waals surface area contributed by atoms with Crippen molar-refractivity contribution in [3.8, 4) is 0 Å². The summed E-state index contributed by atoms with van der Waals surface area (Å²) < 4.78 is 62.6. The van der Waals surface area contributed by atoms with Gasteiger partial charge in [0.2, 0.25) is 0 Å². The normalized spacial score (nSPS) is 13.5. The predicted octanol–water partition coefficient (Wildman–Crippen LogP) is 19.5. The Labute approximate surface area is 729 Å². The van der Waals surface area contributed by atoms with E-state index in [-0.39, 0.29) is 61.0 Å². The first-order valence-electron chi connectivity index (χ1n) is 47.8. The first-order valence-corrected chi connectivity index (χ1v) is 47.8. The summed E-state index contributed by atoms with van der Waals surface area (Å²) in [6.07, 6.45) is 36.6. The minimum absolute atomic E-state index is 0.267. The minimum atomic E-state index is -0.350. The van der Waals surface area contributed by atoms with Crippen LogP contribution < -0.4 is 0 Å². The number of aliphatic hydroxyl groups is 10. The van der Waals surface area contributed by atoms with Crippen LogP contribution in [0.1, 0.15) is 369 Å². The molecule has 0 saturated heterocycles. The van der Waals surface area contributed by atoms with Crippen molar-refractivity contribution in [3.63, 3.8) is 0 Å². The van der Waals surface area contributed by atoms with Crippen molar-refractivity contribution in [1.29, 1.82) is 0 Å². The van der Waals surface area contributed by atoms with Gasteiger partial charge in [-0.3, -0.25) is 0 Å². The third-order valence-electron chi connectivity index (χ3n) is 17.9. The molecule has 118 heavy (non-hydrogen) atoms. The molecule has 11 atom stereocenters. The number of hydrogen-bond donors (Lipinski definition) is 10. The first kappa shape index (κ1) is 134. The second-order valence-corrected chi connectivity index (χ2v) is 30.0. The summed E-state index contributed by atoms with van der Waals surface area (Å²) in [6, 6.07) is 9.96. The van der Waals surface area contributed by atoms with Crippen molar-refractivity contribution >= 4 is 0 Å². The minimum Gasteiger partial charge on any atom is -0.391 e. The molecule has 1 aromatic rings. The van der Waals surface area contributed by atoms with E-state index in [4.69, 9.17) is 87.5 Å². The Balaban J connectivity index is -0.000000162. The molecule has 0 saturated carbocycles. The van der Waals surface area contributed by atoms with E-state index in [0.717, 1.165) is 161 Å². The molecule has 22 nitrogen and oxygen atoms in total. The maximum Gasteiger partial charge on any atom is 0.0771 e. The van der Waals surface area contributed by atoms with E-state index in [2.05, 4.69) is 55.4 Å². The van der Waals surface area contributed by atoms with Gasteiger partial charge in [-0.2, -0.15) is 0 Å². The molecule has 10 N–H and O–H groups in total. The fourth-order valence-corrected chi connectivity index (χ4v) is 8.93. The number of hydrogen-bond acceptors (Lipinski definition) is 22. The molecule has 22 heteroatoms. The molecule has 0 amide bonds. The van der Waals surface area contributed by atoms with E-state index < -0.39 is 0 Å². The zero-order valence-corrected chi connectivity index (χ0v) is 80.8. The van der Waals surface area contributed by atoms with Crippen LogP contribution in [0.3, 0.4) is 0 Å². The van der Waals surface area contributed by atoms with Crippen molar-refractivity contribution in [1.82, 2.24) is 0 Å². The summed E-state index contributed by atoms with van der Waals surface area (Å²) in [7, 11) is 0. The third kappa shape index (κ3) is 140. The molecule has 0 radical (unpaired) electrons. The molecule has 0 aliphatic carbocycles. The van der Waals surface area contributed by atoms with Gasteiger partial charge in [-0.15, -0.1) is 0 Å². The lowest BCUT2D eigenvalue weighted by Gasteiger charge is -2.16. The van der Waals surface area contributed by atoms with Crippen LogP contribution in [0.5, 0.6) is 0 Å². The summed E-state index contributed by atoms with van der Waals surface area (Å²) in [5, 5.41) is 90.6. The Kier molecular flexibility index (Phi) is 141. The summed E-state index contributed by atoms with van der Waals surface area (Å²) in [6.45, 7) is 55.1. The van der Waals surface area contributed by atoms with E-state index in [9.17, 15) is 20.4 Å². The average molecular weight is 1710 g/mol. The monoisotopic (exact) mass is 1710 g/mol. The van der Waals surface area contributed by atoms with E-state index >= 15 is 0 Å². The Bertz CT molecular complexity index is 1750. The Hall–Kier alpha value is -1.66. The Morgan fingerprint density at radius 2 is 0.466 bits per heavy atom. The summed E-state index contributed by atoms with van der Waals surface area (Å²) >= 11 is 0. The standard InChI is InChI=1S/C16H34O2.C12H26O4.C12H26O2.C11H16O2.C10H22O2.C9H20O2.C8H18O2.C7H16O2.C6H14O2.C5H12O2/c1-3-5-6-7-8-9-10-11-12-13-14-18-15-16(17)4-2;1-3-5-6-14-7-8-15-9-10-16-11-12(13)4-2;1-4-7-8-11(5-2)9-14-10-12(13)6-3;1-2-11(12)9-13-8-10-6-4-3-5-7-10;1-3-5-6-7-8-12-9-10(11)4-2;1-3-5-6-7-11-8-9(10)4-2;1-3-5-6-10-7-8(9)4-2;1-3-5-9-6-7(8)4-2;1-3-6(7)5-8-4-2;1-3-7-4-5(2)6/h16-17H,3-15H2,1-2H3;12-13H,3-11H2,1-2H3;11-13H,4-10H2,1-3H3;3-7,11-12H,2,8-9H2,1H3;10-11H,3-9H2,1-2H3;9-10H,3-8H2,1-2H3;8-9H,3-7H2,1-2H3;7-8H,3-6H2,1-2H3;6-7H,3-5H2,1-2H3;5-6H,3-4H2,1-2H3. The van der Waals surface area contributed by atoms with E-state index in [0.29, 0.717) is 118 Å². The topological polar surface area (TPSA) is 313 Å². The zero-order chi connectivity index (χ0) is 90.7. The fraction of sp³-hybridized carbons (Fsp3) is 0.938. The second-order valence-electron chi connectivity index (χ2n) is 30.0. The molecule has 0 fully saturated rings. The lowest BCUT2D eigenvalue weighted by molar-refractivity contribution is -0.0105. The Morgan fingerprint density at radius 1 is 0.212 bits per heavy atom. The van der Waals surface area contributed by atoms with Gasteiger partial charge in [0.15, 0.2) is 0 Å². The predicted molar refractivity (Wildman–Crippen MR) is 494 cm³/mol. The molecular formula is C96H204O22. The quantitative estimate of drug-likeness (QED) is 0.0271. The van der Waals surface area contributed by atoms with Crippen LogP contribution in [0.25, 0.3) is 0 Å². The molecule has 0 aliphatic rings. The molecule has 0 aliphatic heterocycles. The number of ether oxygens (including phenoxy) is 12. The molecule has 1 rings (SSSR count). The summed E-state index contributed by atoms with van der Waals surface area (Å²) in [5.74, 6) is 0.680. The lowest BCUT2D eigenvalue weighted by Crippen LogP contribution is -2.17. The lowest BCUT2D eigenvalue weighted by atomic mass is 10.0. The molecule has 1 aromatic carbocycles. The smallest absolute Gasteiger partial charge is 0.0771 e. The van der Waals surface area contributed by atoms with Crippen molar-refractivity contribution in [2.24, 2.45) is 5.92 Å². The molecule has 0 aromatic heterocycles. The average Bonchev–Trinajstić information content (AvgIpc) is 0.957. The first-order chi connectivity index (χ1) is 57.0. The van der Waals surface area contributed by atoms with Crippen LogP contribution in [-0.2, 0) is 63.4 Å². The van der Waals surface area contributed by atoms with Crippen molar-refractivity contribution in [3.05, 3.63) is 35.9 Å². The van der Waals surface area contributed by atoms with Gasteiger partial charge in [0.25, 0.3) is 0 Å². The maximum atomic E-state index is 9.29. The van der Waals surface area contributed by atoms with E-state index in [1.165, 1.54) is 116 Å².